The van der Waals surface area contributed by atoms with E-state index in [1.807, 2.05) is 50.4 Å². The maximum Gasteiger partial charge on any atom is 0.269 e. The lowest BCUT2D eigenvalue weighted by molar-refractivity contribution is 0.0946. The van der Waals surface area contributed by atoms with Gasteiger partial charge in [-0.15, -0.1) is 0 Å². The van der Waals surface area contributed by atoms with Crippen LogP contribution < -0.4 is 10.2 Å². The van der Waals surface area contributed by atoms with Crippen LogP contribution >= 0.6 is 0 Å². The number of nitrogens with zero attached hydrogens (tertiary/aromatic N) is 2. The van der Waals surface area contributed by atoms with Gasteiger partial charge in [0.05, 0.1) is 5.69 Å². The summed E-state index contributed by atoms with van der Waals surface area (Å²) in [6, 6.07) is 18.7. The summed E-state index contributed by atoms with van der Waals surface area (Å²) in [5.41, 5.74) is 2.57. The van der Waals surface area contributed by atoms with Crippen LogP contribution in [0.3, 0.4) is 0 Å². The van der Waals surface area contributed by atoms with Crippen molar-refractivity contribution < 1.29 is 9.90 Å². The Labute approximate surface area is 152 Å². The topological polar surface area (TPSA) is 81.2 Å². The van der Waals surface area contributed by atoms with Crippen molar-refractivity contribution in [2.24, 2.45) is 0 Å². The first-order valence-corrected chi connectivity index (χ1v) is 8.46. The number of carbonyl (C=O) groups is 1. The fourth-order valence-corrected chi connectivity index (χ4v) is 2.66. The third kappa shape index (κ3) is 3.85. The summed E-state index contributed by atoms with van der Waals surface area (Å²) in [4.78, 5) is 14.5. The van der Waals surface area contributed by atoms with Gasteiger partial charge < -0.3 is 15.3 Å². The number of H-pyrrole nitrogens is 1. The summed E-state index contributed by atoms with van der Waals surface area (Å²) >= 11 is 0. The number of phenols is 1. The second-order valence-corrected chi connectivity index (χ2v) is 6.19. The number of aromatic nitrogens is 2. The normalized spacial score (nSPS) is 11.8. The number of hydrogen-bond donors (Lipinski definition) is 3. The van der Waals surface area contributed by atoms with Gasteiger partial charge >= 0.3 is 0 Å². The molecular formula is C20H22N4O2. The molecule has 1 amide bonds. The molecule has 1 unspecified atom stereocenters. The lowest BCUT2D eigenvalue weighted by Gasteiger charge is -2.27. The van der Waals surface area contributed by atoms with Gasteiger partial charge in [-0.3, -0.25) is 9.89 Å². The lowest BCUT2D eigenvalue weighted by atomic mass is 10.1. The Bertz CT molecular complexity index is 876. The molecular weight excluding hydrogens is 328 g/mol. The second kappa shape index (κ2) is 7.74. The molecule has 0 aliphatic carbocycles. The first-order valence-electron chi connectivity index (χ1n) is 8.46. The van der Waals surface area contributed by atoms with E-state index in [0.29, 0.717) is 23.5 Å². The molecule has 0 saturated heterocycles. The molecule has 0 saturated carbocycles. The number of phenolic OH excluding ortho intramolecular Hbond substituents is 1. The van der Waals surface area contributed by atoms with E-state index >= 15 is 0 Å². The number of likely N-dealkylation sites (N-methyl/N-ethyl adjacent to an activating group) is 1. The highest BCUT2D eigenvalue weighted by molar-refractivity contribution is 5.93. The van der Waals surface area contributed by atoms with Crippen molar-refractivity contribution >= 4 is 11.6 Å². The smallest absolute Gasteiger partial charge is 0.269 e. The Balaban J connectivity index is 1.61. The third-order valence-electron chi connectivity index (χ3n) is 4.39. The molecule has 3 N–H and O–H groups in total. The van der Waals surface area contributed by atoms with Gasteiger partial charge in [-0.05, 0) is 37.3 Å². The molecule has 0 aliphatic rings. The number of amides is 1. The highest BCUT2D eigenvalue weighted by Gasteiger charge is 2.15. The average Bonchev–Trinajstić information content (AvgIpc) is 3.16. The molecule has 6 nitrogen and oxygen atoms in total. The number of benzene rings is 2. The Morgan fingerprint density at radius 1 is 1.19 bits per heavy atom. The van der Waals surface area contributed by atoms with Crippen molar-refractivity contribution in [1.29, 1.82) is 0 Å². The van der Waals surface area contributed by atoms with E-state index in [1.165, 1.54) is 0 Å². The molecule has 1 atom stereocenters. The van der Waals surface area contributed by atoms with E-state index in [0.717, 1.165) is 5.69 Å². The number of hydrogen-bond acceptors (Lipinski definition) is 4. The largest absolute Gasteiger partial charge is 0.507 e. The second-order valence-electron chi connectivity index (χ2n) is 6.19. The van der Waals surface area contributed by atoms with Crippen molar-refractivity contribution in [1.82, 2.24) is 15.5 Å². The fourth-order valence-electron chi connectivity index (χ4n) is 2.66. The third-order valence-corrected chi connectivity index (χ3v) is 4.39. The SMILES string of the molecule is CC(CNC(=O)c1cc(-c2ccccc2O)n[nH]1)N(C)c1ccccc1. The first-order chi connectivity index (χ1) is 12.6. The summed E-state index contributed by atoms with van der Waals surface area (Å²) in [7, 11) is 2.00. The quantitative estimate of drug-likeness (QED) is 0.638. The minimum absolute atomic E-state index is 0.127. The van der Waals surface area contributed by atoms with Crippen LogP contribution in [0.4, 0.5) is 5.69 Å². The van der Waals surface area contributed by atoms with Crippen LogP contribution in [0.1, 0.15) is 17.4 Å². The van der Waals surface area contributed by atoms with Gasteiger partial charge in [-0.1, -0.05) is 30.3 Å². The van der Waals surface area contributed by atoms with Crippen LogP contribution in [0.2, 0.25) is 0 Å². The van der Waals surface area contributed by atoms with Crippen molar-refractivity contribution in [3.05, 3.63) is 66.4 Å². The van der Waals surface area contributed by atoms with E-state index < -0.39 is 0 Å². The highest BCUT2D eigenvalue weighted by Crippen LogP contribution is 2.27. The standard InChI is InChI=1S/C20H22N4O2/c1-14(24(2)15-8-4-3-5-9-15)13-21-20(26)18-12-17(22-23-18)16-10-6-7-11-19(16)25/h3-12,14,25H,13H2,1-2H3,(H,21,26)(H,22,23). The first kappa shape index (κ1) is 17.5. The molecule has 3 rings (SSSR count). The van der Waals surface area contributed by atoms with Gasteiger partial charge in [-0.25, -0.2) is 0 Å². The molecule has 0 radical (unpaired) electrons. The number of rotatable bonds is 6. The number of nitrogens with one attached hydrogen (secondary N) is 2. The van der Waals surface area contributed by atoms with Crippen molar-refractivity contribution in [2.45, 2.75) is 13.0 Å². The summed E-state index contributed by atoms with van der Waals surface area (Å²) in [6.45, 7) is 2.54. The number of aromatic amines is 1. The molecule has 134 valence electrons. The van der Waals surface area contributed by atoms with Crippen molar-refractivity contribution in [3.63, 3.8) is 0 Å². The van der Waals surface area contributed by atoms with Crippen LogP contribution in [-0.2, 0) is 0 Å². The van der Waals surface area contributed by atoms with E-state index in [9.17, 15) is 9.90 Å². The number of para-hydroxylation sites is 2. The molecule has 1 aromatic heterocycles. The van der Waals surface area contributed by atoms with Gasteiger partial charge in [-0.2, -0.15) is 5.10 Å². The zero-order valence-electron chi connectivity index (χ0n) is 14.8. The van der Waals surface area contributed by atoms with E-state index in [-0.39, 0.29) is 17.7 Å². The van der Waals surface area contributed by atoms with Gasteiger partial charge in [0, 0.05) is 30.9 Å². The van der Waals surface area contributed by atoms with Crippen LogP contribution in [0, 0.1) is 0 Å². The molecule has 3 aromatic rings. The zero-order chi connectivity index (χ0) is 18.5. The Hall–Kier alpha value is -3.28. The van der Waals surface area contributed by atoms with Crippen LogP contribution in [-0.4, -0.2) is 40.8 Å². The van der Waals surface area contributed by atoms with Crippen molar-refractivity contribution in [3.8, 4) is 17.0 Å². The monoisotopic (exact) mass is 350 g/mol. The molecule has 2 aromatic carbocycles. The lowest BCUT2D eigenvalue weighted by Crippen LogP contribution is -2.40. The molecule has 0 fully saturated rings. The molecule has 26 heavy (non-hydrogen) atoms. The molecule has 1 heterocycles. The van der Waals surface area contributed by atoms with Gasteiger partial charge in [0.25, 0.3) is 5.91 Å². The predicted octanol–water partition coefficient (Wildman–Crippen LogP) is 3.04. The summed E-state index contributed by atoms with van der Waals surface area (Å²) < 4.78 is 0. The molecule has 0 bridgehead atoms. The van der Waals surface area contributed by atoms with Crippen molar-refractivity contribution in [2.75, 3.05) is 18.5 Å². The van der Waals surface area contributed by atoms with Gasteiger partial charge in [0.2, 0.25) is 0 Å². The minimum atomic E-state index is -0.229. The fraction of sp³-hybridized carbons (Fsp3) is 0.200. The van der Waals surface area contributed by atoms with Crippen LogP contribution in [0.5, 0.6) is 5.75 Å². The Kier molecular flexibility index (Phi) is 5.22. The van der Waals surface area contributed by atoms with Gasteiger partial charge in [0.15, 0.2) is 0 Å². The Morgan fingerprint density at radius 3 is 2.62 bits per heavy atom. The van der Waals surface area contributed by atoms with Crippen LogP contribution in [0.25, 0.3) is 11.3 Å². The maximum absolute atomic E-state index is 12.4. The van der Waals surface area contributed by atoms with Gasteiger partial charge in [0.1, 0.15) is 11.4 Å². The van der Waals surface area contributed by atoms with Crippen LogP contribution in [0.15, 0.2) is 60.7 Å². The summed E-state index contributed by atoms with van der Waals surface area (Å²) in [5, 5.41) is 19.7. The minimum Gasteiger partial charge on any atom is -0.507 e. The summed E-state index contributed by atoms with van der Waals surface area (Å²) in [6.07, 6.45) is 0. The number of aromatic hydroxyl groups is 1. The molecule has 6 heteroatoms. The molecule has 0 aliphatic heterocycles. The maximum atomic E-state index is 12.4. The molecule has 0 spiro atoms. The highest BCUT2D eigenvalue weighted by atomic mass is 16.3. The average molecular weight is 350 g/mol. The predicted molar refractivity (Wildman–Crippen MR) is 102 cm³/mol. The van der Waals surface area contributed by atoms with E-state index in [2.05, 4.69) is 20.4 Å². The van der Waals surface area contributed by atoms with E-state index in [4.69, 9.17) is 0 Å². The number of anilines is 1. The zero-order valence-corrected chi connectivity index (χ0v) is 14.8. The number of carbonyl (C=O) groups excluding carboxylic acids is 1. The van der Waals surface area contributed by atoms with E-state index in [1.54, 1.807) is 24.3 Å². The Morgan fingerprint density at radius 2 is 1.88 bits per heavy atom. The summed E-state index contributed by atoms with van der Waals surface area (Å²) in [5.74, 6) is -0.100.